The SMILES string of the molecule is CCS(=O)(=O)Oc1ccc(S(=O)(=O)C(=[N+]=[N-])S(=O)(=O)c2ccc(C(C)(C)C)cc2)cc1. The van der Waals surface area contributed by atoms with Crippen molar-refractivity contribution in [1.29, 1.82) is 0 Å². The highest BCUT2D eigenvalue weighted by atomic mass is 32.3. The first-order chi connectivity index (χ1) is 14.1. The number of sulfone groups is 2. The highest BCUT2D eigenvalue weighted by molar-refractivity contribution is 8.31. The second-order valence-electron chi connectivity index (χ2n) is 7.55. The molecule has 0 fully saturated rings. The minimum atomic E-state index is -4.75. The van der Waals surface area contributed by atoms with Gasteiger partial charge in [-0.15, -0.1) is 4.79 Å². The van der Waals surface area contributed by atoms with Crippen LogP contribution in [0.4, 0.5) is 0 Å². The highest BCUT2D eigenvalue weighted by Crippen LogP contribution is 2.26. The zero-order chi connectivity index (χ0) is 23.7. The third-order valence-electron chi connectivity index (χ3n) is 4.28. The van der Waals surface area contributed by atoms with Crippen LogP contribution in [0.1, 0.15) is 33.3 Å². The van der Waals surface area contributed by atoms with Crippen LogP contribution in [0.25, 0.3) is 5.53 Å². The van der Waals surface area contributed by atoms with Crippen molar-refractivity contribution in [3.63, 3.8) is 0 Å². The number of hydrogen-bond acceptors (Lipinski definition) is 7. The lowest BCUT2D eigenvalue weighted by Gasteiger charge is -2.18. The first-order valence-electron chi connectivity index (χ1n) is 9.00. The first-order valence-corrected chi connectivity index (χ1v) is 13.5. The molecule has 0 aliphatic heterocycles. The van der Waals surface area contributed by atoms with Crippen LogP contribution in [0.3, 0.4) is 0 Å². The summed E-state index contributed by atoms with van der Waals surface area (Å²) < 4.78 is 77.7. The van der Waals surface area contributed by atoms with Gasteiger partial charge in [0.2, 0.25) is 0 Å². The minimum absolute atomic E-state index is 0.149. The van der Waals surface area contributed by atoms with E-state index in [-0.39, 0.29) is 21.8 Å². The van der Waals surface area contributed by atoms with Crippen LogP contribution in [0.5, 0.6) is 5.75 Å². The van der Waals surface area contributed by atoms with Gasteiger partial charge < -0.3 is 9.71 Å². The molecule has 168 valence electrons. The summed E-state index contributed by atoms with van der Waals surface area (Å²) in [4.78, 5) is 1.69. The monoisotopic (exact) mass is 486 g/mol. The Morgan fingerprint density at radius 3 is 1.61 bits per heavy atom. The molecule has 0 spiro atoms. The van der Waals surface area contributed by atoms with Crippen molar-refractivity contribution >= 4 is 34.2 Å². The molecule has 0 saturated carbocycles. The van der Waals surface area contributed by atoms with Crippen molar-refractivity contribution in [2.45, 2.75) is 42.9 Å². The van der Waals surface area contributed by atoms with Crippen molar-refractivity contribution in [2.75, 3.05) is 5.75 Å². The molecular weight excluding hydrogens is 464 g/mol. The van der Waals surface area contributed by atoms with E-state index in [1.54, 1.807) is 12.1 Å². The molecule has 0 aliphatic rings. The van der Waals surface area contributed by atoms with Gasteiger partial charge in [-0.3, -0.25) is 0 Å². The van der Waals surface area contributed by atoms with Crippen molar-refractivity contribution in [2.24, 2.45) is 0 Å². The average molecular weight is 487 g/mol. The summed E-state index contributed by atoms with van der Waals surface area (Å²) >= 11 is 0. The molecule has 31 heavy (non-hydrogen) atoms. The predicted molar refractivity (Wildman–Crippen MR) is 115 cm³/mol. The molecule has 0 radical (unpaired) electrons. The standard InChI is InChI=1S/C19H22N2O7S3/c1-5-29(22,23)28-15-8-12-17(13-9-15)31(26,27)18(21-20)30(24,25)16-10-6-14(7-11-16)19(2,3)4/h6-13H,5H2,1-4H3. The second-order valence-corrected chi connectivity index (χ2v) is 13.4. The van der Waals surface area contributed by atoms with Gasteiger partial charge in [-0.2, -0.15) is 8.42 Å². The second kappa shape index (κ2) is 8.54. The van der Waals surface area contributed by atoms with Gasteiger partial charge in [0.05, 0.1) is 15.5 Å². The molecule has 0 amide bonds. The fraction of sp³-hybridized carbons (Fsp3) is 0.316. The van der Waals surface area contributed by atoms with Gasteiger partial charge in [-0.05, 0) is 54.3 Å². The van der Waals surface area contributed by atoms with E-state index >= 15 is 0 Å². The van der Waals surface area contributed by atoms with E-state index in [2.05, 4.69) is 4.79 Å². The van der Waals surface area contributed by atoms with E-state index in [1.807, 2.05) is 20.8 Å². The number of rotatable bonds is 5. The van der Waals surface area contributed by atoms with Gasteiger partial charge >= 0.3 is 14.5 Å². The van der Waals surface area contributed by atoms with Crippen LogP contribution in [0.2, 0.25) is 0 Å². The summed E-state index contributed by atoms with van der Waals surface area (Å²) in [5.74, 6) is -0.440. The van der Waals surface area contributed by atoms with Crippen molar-refractivity contribution in [1.82, 2.24) is 0 Å². The fourth-order valence-corrected chi connectivity index (χ4v) is 6.33. The Hall–Kier alpha value is -2.53. The Morgan fingerprint density at radius 1 is 0.839 bits per heavy atom. The third kappa shape index (κ3) is 5.40. The minimum Gasteiger partial charge on any atom is -0.382 e. The van der Waals surface area contributed by atoms with Crippen LogP contribution in [0, 0.1) is 0 Å². The van der Waals surface area contributed by atoms with Crippen molar-refractivity contribution in [3.05, 3.63) is 59.6 Å². The molecule has 0 N–H and O–H groups in total. The maximum Gasteiger partial charge on any atom is 0.504 e. The lowest BCUT2D eigenvalue weighted by Crippen LogP contribution is -2.26. The maximum absolute atomic E-state index is 12.9. The van der Waals surface area contributed by atoms with E-state index in [0.29, 0.717) is 0 Å². The molecule has 0 bridgehead atoms. The van der Waals surface area contributed by atoms with Crippen LogP contribution in [0.15, 0.2) is 58.3 Å². The maximum atomic E-state index is 12.9. The Bertz CT molecular complexity index is 1330. The van der Waals surface area contributed by atoms with E-state index in [4.69, 9.17) is 4.18 Å². The highest BCUT2D eigenvalue weighted by Gasteiger charge is 2.44. The number of nitrogens with zero attached hydrogens (tertiary/aromatic N) is 2. The summed E-state index contributed by atoms with van der Waals surface area (Å²) in [6, 6.07) is 9.61. The molecule has 9 nitrogen and oxygen atoms in total. The van der Waals surface area contributed by atoms with Crippen LogP contribution in [-0.4, -0.2) is 40.2 Å². The van der Waals surface area contributed by atoms with Crippen LogP contribution >= 0.6 is 0 Å². The molecular formula is C19H22N2O7S3. The summed E-state index contributed by atoms with van der Waals surface area (Å²) in [7, 11) is -13.3. The first kappa shape index (κ1) is 24.7. The Morgan fingerprint density at radius 2 is 1.26 bits per heavy atom. The molecule has 0 unspecified atom stereocenters. The normalized spacial score (nSPS) is 12.8. The molecule has 12 heteroatoms. The van der Waals surface area contributed by atoms with E-state index in [9.17, 15) is 30.8 Å². The van der Waals surface area contributed by atoms with Crippen molar-refractivity contribution < 1.29 is 34.2 Å². The smallest absolute Gasteiger partial charge is 0.382 e. The fourth-order valence-electron chi connectivity index (χ4n) is 2.47. The van der Waals surface area contributed by atoms with Crippen LogP contribution in [-0.2, 0) is 35.2 Å². The Kier molecular flexibility index (Phi) is 6.82. The molecule has 0 aliphatic carbocycles. The van der Waals surface area contributed by atoms with E-state index < -0.39 is 39.1 Å². The molecule has 2 aromatic rings. The largest absolute Gasteiger partial charge is 0.504 e. The third-order valence-corrected chi connectivity index (χ3v) is 9.62. The summed E-state index contributed by atoms with van der Waals surface area (Å²) in [6.45, 7) is 7.17. The Balaban J connectivity index is 2.46. The molecule has 2 rings (SSSR count). The molecule has 0 atom stereocenters. The number of hydrogen-bond donors (Lipinski definition) is 0. The van der Waals surface area contributed by atoms with Crippen molar-refractivity contribution in [3.8, 4) is 5.75 Å². The zero-order valence-electron chi connectivity index (χ0n) is 17.3. The van der Waals surface area contributed by atoms with Gasteiger partial charge in [-0.25, -0.2) is 16.8 Å². The van der Waals surface area contributed by atoms with Gasteiger partial charge in [0.25, 0.3) is 19.7 Å². The zero-order valence-corrected chi connectivity index (χ0v) is 19.8. The lowest BCUT2D eigenvalue weighted by atomic mass is 9.87. The van der Waals surface area contributed by atoms with Gasteiger partial charge in [0.1, 0.15) is 5.75 Å². The Labute approximate surface area is 182 Å². The molecule has 2 aromatic carbocycles. The molecule has 0 saturated heterocycles. The van der Waals surface area contributed by atoms with Gasteiger partial charge in [0, 0.05) is 0 Å². The molecule has 0 aromatic heterocycles. The molecule has 0 heterocycles. The number of benzene rings is 2. The summed E-state index contributed by atoms with van der Waals surface area (Å²) in [5.41, 5.74) is 9.84. The van der Waals surface area contributed by atoms with E-state index in [0.717, 1.165) is 29.8 Å². The van der Waals surface area contributed by atoms with Crippen LogP contribution < -0.4 is 4.18 Å². The average Bonchev–Trinajstić information content (AvgIpc) is 2.67. The van der Waals surface area contributed by atoms with Gasteiger partial charge in [0.15, 0.2) is 0 Å². The summed E-state index contributed by atoms with van der Waals surface area (Å²) in [6.07, 6.45) is 0. The summed E-state index contributed by atoms with van der Waals surface area (Å²) in [5, 5.41) is 0. The predicted octanol–water partition coefficient (Wildman–Crippen LogP) is 2.55. The van der Waals surface area contributed by atoms with E-state index in [1.165, 1.54) is 19.1 Å². The quantitative estimate of drug-likeness (QED) is 0.207. The lowest BCUT2D eigenvalue weighted by molar-refractivity contribution is 0.00380. The topological polar surface area (TPSA) is 148 Å². The van der Waals surface area contributed by atoms with Gasteiger partial charge in [-0.1, -0.05) is 32.9 Å².